The molecule has 0 bridgehead atoms. The number of carbonyl (C=O) groups is 2. The second kappa shape index (κ2) is 11.9. The quantitative estimate of drug-likeness (QED) is 0.308. The van der Waals surface area contributed by atoms with E-state index in [2.05, 4.69) is 16.2 Å². The van der Waals surface area contributed by atoms with Crippen LogP contribution in [0.4, 0.5) is 18.9 Å². The van der Waals surface area contributed by atoms with Gasteiger partial charge in [0.1, 0.15) is 6.04 Å². The molecule has 2 aromatic carbocycles. The molecule has 0 saturated carbocycles. The fourth-order valence-corrected chi connectivity index (χ4v) is 4.98. The van der Waals surface area contributed by atoms with Gasteiger partial charge in [0.15, 0.2) is 8.32 Å². The lowest BCUT2D eigenvalue weighted by molar-refractivity contribution is -0.138. The number of nitriles is 2. The molecule has 0 radical (unpaired) electrons. The molecule has 12 heteroatoms. The Morgan fingerprint density at radius 3 is 2.05 bits per heavy atom. The highest BCUT2D eigenvalue weighted by Crippen LogP contribution is 2.39. The van der Waals surface area contributed by atoms with Crippen molar-refractivity contribution in [3.05, 3.63) is 64.2 Å². The average Bonchev–Trinajstić information content (AvgIpc) is 2.84. The summed E-state index contributed by atoms with van der Waals surface area (Å²) in [5.74, 6) is -1.40. The zero-order valence-electron chi connectivity index (χ0n) is 22.9. The number of hydrogen-bond acceptors (Lipinski definition) is 6. The largest absolute Gasteiger partial charge is 0.418 e. The van der Waals surface area contributed by atoms with E-state index in [4.69, 9.17) is 9.69 Å². The van der Waals surface area contributed by atoms with E-state index in [0.717, 1.165) is 6.07 Å². The van der Waals surface area contributed by atoms with Gasteiger partial charge in [0.05, 0.1) is 34.9 Å². The number of halogens is 3. The third kappa shape index (κ3) is 7.59. The molecule has 208 valence electrons. The number of amides is 2. The summed E-state index contributed by atoms with van der Waals surface area (Å²) in [6.07, 6.45) is -5.61. The van der Waals surface area contributed by atoms with Crippen LogP contribution < -0.4 is 16.2 Å². The molecule has 0 aliphatic carbocycles. The first-order valence-electron chi connectivity index (χ1n) is 12.1. The van der Waals surface area contributed by atoms with E-state index in [9.17, 15) is 28.0 Å². The smallest absolute Gasteiger partial charge is 0.412 e. The van der Waals surface area contributed by atoms with Gasteiger partial charge in [-0.05, 0) is 73.9 Å². The second-order valence-corrected chi connectivity index (χ2v) is 15.4. The molecule has 0 aliphatic rings. The highest BCUT2D eigenvalue weighted by atomic mass is 28.4. The Hall–Kier alpha value is -3.87. The fourth-order valence-electron chi connectivity index (χ4n) is 3.56. The summed E-state index contributed by atoms with van der Waals surface area (Å²) in [5.41, 5.74) is 3.25. The van der Waals surface area contributed by atoms with E-state index < -0.39 is 49.6 Å². The van der Waals surface area contributed by atoms with Crippen molar-refractivity contribution < 1.29 is 27.2 Å². The minimum atomic E-state index is -4.79. The van der Waals surface area contributed by atoms with Gasteiger partial charge in [-0.2, -0.15) is 23.7 Å². The number of rotatable bonds is 7. The summed E-state index contributed by atoms with van der Waals surface area (Å²) in [7, 11) is -2.43. The number of alkyl halides is 3. The maximum atomic E-state index is 13.8. The first-order chi connectivity index (χ1) is 17.9. The molecular formula is C27H32F3N5O3Si. The molecular weight excluding hydrogens is 527 g/mol. The Morgan fingerprint density at radius 2 is 1.56 bits per heavy atom. The molecule has 39 heavy (non-hydrogen) atoms. The zero-order chi connectivity index (χ0) is 29.8. The lowest BCUT2D eigenvalue weighted by Crippen LogP contribution is -2.55. The number of benzene rings is 2. The van der Waals surface area contributed by atoms with Crippen LogP contribution in [0.15, 0.2) is 36.4 Å². The predicted molar refractivity (Wildman–Crippen MR) is 143 cm³/mol. The lowest BCUT2D eigenvalue weighted by atomic mass is 9.99. The predicted octanol–water partition coefficient (Wildman–Crippen LogP) is 5.41. The van der Waals surface area contributed by atoms with Gasteiger partial charge in [-0.25, -0.2) is 0 Å². The van der Waals surface area contributed by atoms with E-state index >= 15 is 0 Å². The lowest BCUT2D eigenvalue weighted by Gasteiger charge is -2.40. The number of nitrogens with one attached hydrogen (secondary N) is 3. The Kier molecular flexibility index (Phi) is 9.55. The monoisotopic (exact) mass is 559 g/mol. The van der Waals surface area contributed by atoms with E-state index in [0.29, 0.717) is 5.56 Å². The topological polar surface area (TPSA) is 127 Å². The van der Waals surface area contributed by atoms with Crippen LogP contribution in [0, 0.1) is 29.6 Å². The Labute approximate surface area is 227 Å². The van der Waals surface area contributed by atoms with Gasteiger partial charge >= 0.3 is 6.18 Å². The molecule has 8 nitrogen and oxygen atoms in total. The molecule has 0 aliphatic heterocycles. The summed E-state index contributed by atoms with van der Waals surface area (Å²) in [6.45, 7) is 12.8. The molecule has 2 rings (SSSR count). The Morgan fingerprint density at radius 1 is 0.974 bits per heavy atom. The second-order valence-electron chi connectivity index (χ2n) is 10.6. The van der Waals surface area contributed by atoms with Crippen LogP contribution >= 0.6 is 0 Å². The summed E-state index contributed by atoms with van der Waals surface area (Å²) < 4.78 is 47.6. The number of hydrazine groups is 1. The van der Waals surface area contributed by atoms with Crippen molar-refractivity contribution in [3.8, 4) is 12.1 Å². The molecule has 2 unspecified atom stereocenters. The average molecular weight is 560 g/mol. The molecule has 0 spiro atoms. The summed E-state index contributed by atoms with van der Waals surface area (Å²) in [4.78, 5) is 25.8. The summed E-state index contributed by atoms with van der Waals surface area (Å²) >= 11 is 0. The van der Waals surface area contributed by atoms with Crippen LogP contribution in [0.25, 0.3) is 0 Å². The standard InChI is InChI=1S/C27H32F3N5O3Si/c1-16-21(13-12-20(15-32)22(16)27(28,29)30)33-23(17(2)38-39(6,7)26(3,4)5)25(37)35-34-24(36)19-10-8-18(14-31)9-11-19/h8-13,17,23,33H,1-7H3,(H,34,36)(H,35,37). The van der Waals surface area contributed by atoms with E-state index in [-0.39, 0.29) is 21.9 Å². The minimum Gasteiger partial charge on any atom is -0.412 e. The van der Waals surface area contributed by atoms with E-state index in [1.54, 1.807) is 13.0 Å². The Bertz CT molecular complexity index is 1310. The van der Waals surface area contributed by atoms with Crippen molar-refractivity contribution in [2.75, 3.05) is 5.32 Å². The van der Waals surface area contributed by atoms with Crippen molar-refractivity contribution in [3.63, 3.8) is 0 Å². The van der Waals surface area contributed by atoms with Gasteiger partial charge in [-0.15, -0.1) is 0 Å². The van der Waals surface area contributed by atoms with E-state index in [1.165, 1.54) is 37.3 Å². The van der Waals surface area contributed by atoms with Gasteiger partial charge in [0.25, 0.3) is 11.8 Å². The first-order valence-corrected chi connectivity index (χ1v) is 15.0. The normalized spacial score (nSPS) is 13.4. The first kappa shape index (κ1) is 31.3. The summed E-state index contributed by atoms with van der Waals surface area (Å²) in [6, 6.07) is 10.4. The molecule has 2 aromatic rings. The van der Waals surface area contributed by atoms with Crippen LogP contribution in [0.5, 0.6) is 0 Å². The van der Waals surface area contributed by atoms with Crippen molar-refractivity contribution >= 4 is 25.8 Å². The van der Waals surface area contributed by atoms with Crippen molar-refractivity contribution in [2.24, 2.45) is 0 Å². The van der Waals surface area contributed by atoms with Gasteiger partial charge in [0.2, 0.25) is 0 Å². The maximum absolute atomic E-state index is 13.8. The highest BCUT2D eigenvalue weighted by molar-refractivity contribution is 6.74. The number of nitrogens with zero attached hydrogens (tertiary/aromatic N) is 2. The molecule has 0 fully saturated rings. The SMILES string of the molecule is Cc1c(NC(C(=O)NNC(=O)c2ccc(C#N)cc2)C(C)O[Si](C)(C)C(C)(C)C)ccc(C#N)c1C(F)(F)F. The van der Waals surface area contributed by atoms with Gasteiger partial charge in [-0.3, -0.25) is 20.4 Å². The van der Waals surface area contributed by atoms with Gasteiger partial charge < -0.3 is 9.74 Å². The minimum absolute atomic E-state index is 0.00873. The molecule has 2 atom stereocenters. The van der Waals surface area contributed by atoms with Crippen LogP contribution in [-0.2, 0) is 15.4 Å². The van der Waals surface area contributed by atoms with Crippen LogP contribution in [0.1, 0.15) is 60.3 Å². The zero-order valence-corrected chi connectivity index (χ0v) is 23.9. The van der Waals surface area contributed by atoms with E-state index in [1.807, 2.05) is 39.9 Å². The summed E-state index contributed by atoms with van der Waals surface area (Å²) in [5, 5.41) is 20.7. The maximum Gasteiger partial charge on any atom is 0.418 e. The van der Waals surface area contributed by atoms with Gasteiger partial charge in [-0.1, -0.05) is 20.8 Å². The van der Waals surface area contributed by atoms with Crippen molar-refractivity contribution in [1.82, 2.24) is 10.9 Å². The van der Waals surface area contributed by atoms with Gasteiger partial charge in [0, 0.05) is 11.3 Å². The number of carbonyl (C=O) groups excluding carboxylic acids is 2. The molecule has 0 heterocycles. The van der Waals surface area contributed by atoms with Crippen molar-refractivity contribution in [1.29, 1.82) is 10.5 Å². The third-order valence-electron chi connectivity index (χ3n) is 6.79. The fraction of sp³-hybridized carbons (Fsp3) is 0.407. The molecule has 0 saturated heterocycles. The molecule has 0 aromatic heterocycles. The van der Waals surface area contributed by atoms with Crippen LogP contribution in [0.2, 0.25) is 18.1 Å². The molecule has 3 N–H and O–H groups in total. The molecule has 2 amide bonds. The number of hydrogen-bond donors (Lipinski definition) is 3. The van der Waals surface area contributed by atoms with Crippen LogP contribution in [0.3, 0.4) is 0 Å². The number of anilines is 1. The third-order valence-corrected chi connectivity index (χ3v) is 11.4. The highest BCUT2D eigenvalue weighted by Gasteiger charge is 2.42. The van der Waals surface area contributed by atoms with Crippen molar-refractivity contribution in [2.45, 2.75) is 71.1 Å². The van der Waals surface area contributed by atoms with Crippen LogP contribution in [-0.4, -0.2) is 32.3 Å². The Balaban J connectivity index is 2.40.